The van der Waals surface area contributed by atoms with E-state index in [4.69, 9.17) is 9.47 Å². The Kier molecular flexibility index (Phi) is 8.03. The van der Waals surface area contributed by atoms with Crippen LogP contribution in [0.4, 0.5) is 0 Å². The Morgan fingerprint density at radius 3 is 2.52 bits per heavy atom. The zero-order chi connectivity index (χ0) is 16.4. The number of hydrogen-bond donors (Lipinski definition) is 2. The van der Waals surface area contributed by atoms with Gasteiger partial charge >= 0.3 is 0 Å². The molecule has 0 amide bonds. The molecule has 1 aliphatic rings. The maximum Gasteiger partial charge on any atom is 0.185 e. The van der Waals surface area contributed by atoms with Gasteiger partial charge in [-0.25, -0.2) is 0 Å². The van der Waals surface area contributed by atoms with E-state index in [9.17, 15) is 0 Å². The molecule has 2 unspecified atom stereocenters. The lowest BCUT2D eigenvalue weighted by atomic mass is 9.98. The fraction of sp³-hybridized carbons (Fsp3) is 0.684. The highest BCUT2D eigenvalue weighted by Gasteiger charge is 2.43. The van der Waals surface area contributed by atoms with Gasteiger partial charge in [-0.3, -0.25) is 10.6 Å². The number of methoxy groups -OCH3 is 1. The molecule has 0 aliphatic carbocycles. The lowest BCUT2D eigenvalue weighted by Crippen LogP contribution is -2.65. The Bertz CT molecular complexity index is 427. The summed E-state index contributed by atoms with van der Waals surface area (Å²) in [4.78, 5) is 0. The monoisotopic (exact) mass is 320 g/mol. The summed E-state index contributed by atoms with van der Waals surface area (Å²) >= 11 is 0. The van der Waals surface area contributed by atoms with Gasteiger partial charge in [-0.1, -0.05) is 69.4 Å². The van der Waals surface area contributed by atoms with Crippen molar-refractivity contribution in [3.63, 3.8) is 0 Å². The number of benzene rings is 1. The van der Waals surface area contributed by atoms with E-state index in [1.165, 1.54) is 32.1 Å². The van der Waals surface area contributed by atoms with Gasteiger partial charge < -0.3 is 9.47 Å². The number of piperazine rings is 1. The Morgan fingerprint density at radius 2 is 1.78 bits per heavy atom. The standard InChI is InChI=1S/C19H32N2O2/c1-3-4-5-6-7-11-16-23-19(17-12-9-8-10-13-17)18(22-2)20-14-15-21-19/h8-10,12-13,18,20-21H,3-7,11,14-16H2,1-2H3. The van der Waals surface area contributed by atoms with Crippen LogP contribution in [-0.4, -0.2) is 33.0 Å². The summed E-state index contributed by atoms with van der Waals surface area (Å²) in [5, 5.41) is 6.97. The summed E-state index contributed by atoms with van der Waals surface area (Å²) in [7, 11) is 1.73. The van der Waals surface area contributed by atoms with Gasteiger partial charge in [0, 0.05) is 32.4 Å². The molecule has 2 N–H and O–H groups in total. The van der Waals surface area contributed by atoms with Gasteiger partial charge in [-0.2, -0.15) is 0 Å². The normalized spacial score (nSPS) is 24.7. The summed E-state index contributed by atoms with van der Waals surface area (Å²) in [6.45, 7) is 4.74. The topological polar surface area (TPSA) is 42.5 Å². The van der Waals surface area contributed by atoms with Crippen molar-refractivity contribution in [2.75, 3.05) is 26.8 Å². The van der Waals surface area contributed by atoms with Crippen molar-refractivity contribution in [1.29, 1.82) is 0 Å². The minimum absolute atomic E-state index is 0.182. The third-order valence-electron chi connectivity index (χ3n) is 4.48. The van der Waals surface area contributed by atoms with Gasteiger partial charge in [0.25, 0.3) is 0 Å². The van der Waals surface area contributed by atoms with Gasteiger partial charge in [0.15, 0.2) is 12.0 Å². The van der Waals surface area contributed by atoms with E-state index in [-0.39, 0.29) is 6.23 Å². The van der Waals surface area contributed by atoms with Gasteiger partial charge in [0.2, 0.25) is 0 Å². The molecule has 1 saturated heterocycles. The van der Waals surface area contributed by atoms with Crippen molar-refractivity contribution in [2.45, 2.75) is 57.4 Å². The highest BCUT2D eigenvalue weighted by atomic mass is 16.6. The number of ether oxygens (including phenoxy) is 2. The molecular weight excluding hydrogens is 288 g/mol. The number of hydrogen-bond acceptors (Lipinski definition) is 4. The molecule has 0 spiro atoms. The van der Waals surface area contributed by atoms with E-state index in [1.54, 1.807) is 7.11 Å². The minimum Gasteiger partial charge on any atom is -0.362 e. The van der Waals surface area contributed by atoms with E-state index in [2.05, 4.69) is 29.7 Å². The fourth-order valence-corrected chi connectivity index (χ4v) is 3.20. The van der Waals surface area contributed by atoms with Crippen LogP contribution in [0.25, 0.3) is 0 Å². The molecule has 1 aromatic rings. The molecule has 23 heavy (non-hydrogen) atoms. The molecule has 4 heteroatoms. The van der Waals surface area contributed by atoms with Crippen molar-refractivity contribution >= 4 is 0 Å². The number of rotatable bonds is 10. The van der Waals surface area contributed by atoms with E-state index in [0.717, 1.165) is 31.7 Å². The zero-order valence-electron chi connectivity index (χ0n) is 14.6. The largest absolute Gasteiger partial charge is 0.362 e. The third kappa shape index (κ3) is 5.01. The second-order valence-corrected chi connectivity index (χ2v) is 6.21. The smallest absolute Gasteiger partial charge is 0.185 e. The molecular formula is C19H32N2O2. The molecule has 1 fully saturated rings. The molecule has 0 radical (unpaired) electrons. The number of nitrogens with one attached hydrogen (secondary N) is 2. The lowest BCUT2D eigenvalue weighted by molar-refractivity contribution is -0.185. The first-order chi connectivity index (χ1) is 11.3. The van der Waals surface area contributed by atoms with Crippen LogP contribution in [0.5, 0.6) is 0 Å². The Hall–Kier alpha value is -0.940. The summed E-state index contributed by atoms with van der Waals surface area (Å²) in [5.41, 5.74) is 0.516. The second kappa shape index (κ2) is 10.0. The van der Waals surface area contributed by atoms with Gasteiger partial charge in [-0.05, 0) is 6.42 Å². The Balaban J connectivity index is 1.95. The Morgan fingerprint density at radius 1 is 1.04 bits per heavy atom. The van der Waals surface area contributed by atoms with Gasteiger partial charge in [-0.15, -0.1) is 0 Å². The lowest BCUT2D eigenvalue weighted by Gasteiger charge is -2.44. The third-order valence-corrected chi connectivity index (χ3v) is 4.48. The van der Waals surface area contributed by atoms with Crippen LogP contribution in [0.1, 0.15) is 51.0 Å². The van der Waals surface area contributed by atoms with E-state index < -0.39 is 5.72 Å². The van der Waals surface area contributed by atoms with Gasteiger partial charge in [0.05, 0.1) is 0 Å². The molecule has 1 aromatic carbocycles. The first kappa shape index (κ1) is 18.4. The van der Waals surface area contributed by atoms with Crippen LogP contribution >= 0.6 is 0 Å². The molecule has 0 saturated carbocycles. The highest BCUT2D eigenvalue weighted by molar-refractivity contribution is 5.24. The molecule has 0 bridgehead atoms. The summed E-state index contributed by atoms with van der Waals surface area (Å²) in [5.74, 6) is 0. The SMILES string of the molecule is CCCCCCCCOC1(c2ccccc2)NCCNC1OC. The van der Waals surface area contributed by atoms with Gasteiger partial charge in [0.1, 0.15) is 0 Å². The predicted octanol–water partition coefficient (Wildman–Crippen LogP) is 3.38. The predicted molar refractivity (Wildman–Crippen MR) is 94.3 cm³/mol. The second-order valence-electron chi connectivity index (χ2n) is 6.21. The minimum atomic E-state index is -0.600. The first-order valence-electron chi connectivity index (χ1n) is 9.04. The van der Waals surface area contributed by atoms with Crippen LogP contribution in [0.15, 0.2) is 30.3 Å². The van der Waals surface area contributed by atoms with Crippen molar-refractivity contribution in [2.24, 2.45) is 0 Å². The van der Waals surface area contributed by atoms with Crippen molar-refractivity contribution in [3.8, 4) is 0 Å². The molecule has 2 rings (SSSR count). The first-order valence-corrected chi connectivity index (χ1v) is 9.04. The van der Waals surface area contributed by atoms with Crippen LogP contribution in [0.2, 0.25) is 0 Å². The molecule has 4 nitrogen and oxygen atoms in total. The van der Waals surface area contributed by atoms with E-state index in [0.29, 0.717) is 0 Å². The van der Waals surface area contributed by atoms with Crippen LogP contribution in [0.3, 0.4) is 0 Å². The summed E-state index contributed by atoms with van der Waals surface area (Å²) in [6, 6.07) is 10.3. The average Bonchev–Trinajstić information content (AvgIpc) is 2.62. The van der Waals surface area contributed by atoms with Crippen molar-refractivity contribution in [1.82, 2.24) is 10.6 Å². The quantitative estimate of drug-likeness (QED) is 0.649. The van der Waals surface area contributed by atoms with E-state index >= 15 is 0 Å². The summed E-state index contributed by atoms with van der Waals surface area (Å²) < 4.78 is 12.0. The van der Waals surface area contributed by atoms with Crippen molar-refractivity contribution < 1.29 is 9.47 Å². The zero-order valence-corrected chi connectivity index (χ0v) is 14.6. The highest BCUT2D eigenvalue weighted by Crippen LogP contribution is 2.29. The average molecular weight is 320 g/mol. The van der Waals surface area contributed by atoms with Crippen LogP contribution < -0.4 is 10.6 Å². The van der Waals surface area contributed by atoms with E-state index in [1.807, 2.05) is 18.2 Å². The summed E-state index contributed by atoms with van der Waals surface area (Å²) in [6.07, 6.45) is 7.41. The molecule has 130 valence electrons. The Labute approximate surface area is 140 Å². The molecule has 0 aromatic heterocycles. The molecule has 2 atom stereocenters. The maximum absolute atomic E-state index is 6.37. The molecule has 1 aliphatic heterocycles. The van der Waals surface area contributed by atoms with Crippen LogP contribution in [-0.2, 0) is 15.2 Å². The molecule has 1 heterocycles. The van der Waals surface area contributed by atoms with Crippen molar-refractivity contribution in [3.05, 3.63) is 35.9 Å². The number of unbranched alkanes of at least 4 members (excludes halogenated alkanes) is 5. The maximum atomic E-state index is 6.37. The van der Waals surface area contributed by atoms with Crippen LogP contribution in [0, 0.1) is 0 Å². The fourth-order valence-electron chi connectivity index (χ4n) is 3.20.